The zero-order chi connectivity index (χ0) is 17.9. The van der Waals surface area contributed by atoms with Gasteiger partial charge in [0.2, 0.25) is 0 Å². The highest BCUT2D eigenvalue weighted by Gasteiger charge is 2.29. The van der Waals surface area contributed by atoms with Crippen LogP contribution in [-0.2, 0) is 4.79 Å². The minimum atomic E-state index is -0.0473. The molecule has 1 N–H and O–H groups in total. The molecule has 1 aliphatic heterocycles. The molecule has 0 fully saturated rings. The Labute approximate surface area is 148 Å². The van der Waals surface area contributed by atoms with Gasteiger partial charge in [0.25, 0.3) is 0 Å². The Hall–Kier alpha value is -1.93. The Morgan fingerprint density at radius 2 is 2.08 bits per heavy atom. The van der Waals surface area contributed by atoms with Gasteiger partial charge >= 0.3 is 0 Å². The van der Waals surface area contributed by atoms with Crippen LogP contribution in [0.15, 0.2) is 28.8 Å². The number of ether oxygens (including phenoxy) is 1. The van der Waals surface area contributed by atoms with Crippen molar-refractivity contribution in [3.63, 3.8) is 0 Å². The highest BCUT2D eigenvalue weighted by atomic mass is 32.2. The van der Waals surface area contributed by atoms with Gasteiger partial charge in [-0.1, -0.05) is 45.5 Å². The van der Waals surface area contributed by atoms with E-state index < -0.39 is 0 Å². The van der Waals surface area contributed by atoms with Crippen molar-refractivity contribution in [3.05, 3.63) is 39.9 Å². The number of benzene rings is 1. The van der Waals surface area contributed by atoms with E-state index in [1.165, 1.54) is 11.8 Å². The van der Waals surface area contributed by atoms with Gasteiger partial charge in [-0.2, -0.15) is 5.26 Å². The fourth-order valence-corrected chi connectivity index (χ4v) is 3.68. The van der Waals surface area contributed by atoms with Crippen LogP contribution < -0.4 is 10.1 Å². The minimum absolute atomic E-state index is 0.0236. The SMILES string of the molecule is CC1=C(C(=O)C(C)C)SC(c2ccc(OCC(C)C)c(C#N)c2)N1. The molecule has 2 rings (SSSR count). The van der Waals surface area contributed by atoms with E-state index >= 15 is 0 Å². The number of hydrogen-bond acceptors (Lipinski definition) is 5. The summed E-state index contributed by atoms with van der Waals surface area (Å²) in [5.41, 5.74) is 2.40. The molecular formula is C19H24N2O2S. The third-order valence-corrected chi connectivity index (χ3v) is 5.04. The van der Waals surface area contributed by atoms with Gasteiger partial charge in [0.05, 0.1) is 17.1 Å². The Morgan fingerprint density at radius 3 is 2.67 bits per heavy atom. The normalized spacial score (nSPS) is 17.2. The topological polar surface area (TPSA) is 62.1 Å². The average molecular weight is 344 g/mol. The molecule has 0 aliphatic carbocycles. The molecule has 0 spiro atoms. The zero-order valence-corrected chi connectivity index (χ0v) is 15.7. The lowest BCUT2D eigenvalue weighted by molar-refractivity contribution is -0.117. The number of carbonyl (C=O) groups excluding carboxylic acids is 1. The maximum atomic E-state index is 12.3. The van der Waals surface area contributed by atoms with E-state index in [1.54, 1.807) is 0 Å². The van der Waals surface area contributed by atoms with E-state index in [0.29, 0.717) is 23.8 Å². The number of Topliss-reactive ketones (excluding diaryl/α,β-unsaturated/α-hetero) is 1. The van der Waals surface area contributed by atoms with E-state index in [-0.39, 0.29) is 17.1 Å². The van der Waals surface area contributed by atoms with Crippen LogP contribution in [0.4, 0.5) is 0 Å². The van der Waals surface area contributed by atoms with Crippen molar-refractivity contribution in [2.24, 2.45) is 11.8 Å². The fraction of sp³-hybridized carbons (Fsp3) is 0.474. The number of ketones is 1. The first-order chi connectivity index (χ1) is 11.3. The van der Waals surface area contributed by atoms with Crippen LogP contribution >= 0.6 is 11.8 Å². The maximum Gasteiger partial charge on any atom is 0.173 e. The first-order valence-corrected chi connectivity index (χ1v) is 9.06. The summed E-state index contributed by atoms with van der Waals surface area (Å²) >= 11 is 1.52. The number of nitrogens with one attached hydrogen (secondary N) is 1. The summed E-state index contributed by atoms with van der Waals surface area (Å²) in [7, 11) is 0. The number of carbonyl (C=O) groups is 1. The lowest BCUT2D eigenvalue weighted by Crippen LogP contribution is -2.12. The van der Waals surface area contributed by atoms with Gasteiger partial charge in [-0.05, 0) is 30.5 Å². The second-order valence-electron chi connectivity index (χ2n) is 6.69. The number of nitrogens with zero attached hydrogens (tertiary/aromatic N) is 1. The van der Waals surface area contributed by atoms with Gasteiger partial charge in [-0.25, -0.2) is 0 Å². The number of hydrogen-bond donors (Lipinski definition) is 1. The summed E-state index contributed by atoms with van der Waals surface area (Å²) in [5, 5.41) is 12.7. The van der Waals surface area contributed by atoms with Crippen molar-refractivity contribution in [2.75, 3.05) is 6.61 Å². The number of thioether (sulfide) groups is 1. The monoisotopic (exact) mass is 344 g/mol. The van der Waals surface area contributed by atoms with Crippen LogP contribution in [0.1, 0.15) is 51.1 Å². The van der Waals surface area contributed by atoms with Crippen molar-refractivity contribution < 1.29 is 9.53 Å². The molecule has 128 valence electrons. The van der Waals surface area contributed by atoms with E-state index in [0.717, 1.165) is 16.2 Å². The maximum absolute atomic E-state index is 12.3. The van der Waals surface area contributed by atoms with Crippen LogP contribution in [0.25, 0.3) is 0 Å². The van der Waals surface area contributed by atoms with Crippen LogP contribution in [-0.4, -0.2) is 12.4 Å². The molecule has 0 saturated carbocycles. The molecule has 24 heavy (non-hydrogen) atoms. The van der Waals surface area contributed by atoms with Crippen LogP contribution in [0.5, 0.6) is 5.75 Å². The van der Waals surface area contributed by atoms with E-state index in [4.69, 9.17) is 4.74 Å². The van der Waals surface area contributed by atoms with Crippen LogP contribution in [0.3, 0.4) is 0 Å². The van der Waals surface area contributed by atoms with Gasteiger partial charge in [0.1, 0.15) is 17.2 Å². The zero-order valence-electron chi connectivity index (χ0n) is 14.8. The lowest BCUT2D eigenvalue weighted by atomic mass is 10.1. The highest BCUT2D eigenvalue weighted by Crippen LogP contribution is 2.42. The summed E-state index contributed by atoms with van der Waals surface area (Å²) in [6.45, 7) is 10.5. The first-order valence-electron chi connectivity index (χ1n) is 8.18. The van der Waals surface area contributed by atoms with Gasteiger partial charge in [-0.3, -0.25) is 4.79 Å². The molecule has 1 aromatic carbocycles. The molecule has 4 nitrogen and oxygen atoms in total. The summed E-state index contributed by atoms with van der Waals surface area (Å²) in [6.07, 6.45) is 0. The predicted molar refractivity (Wildman–Crippen MR) is 97.5 cm³/mol. The second-order valence-corrected chi connectivity index (χ2v) is 7.80. The fourth-order valence-electron chi connectivity index (χ4n) is 2.33. The van der Waals surface area contributed by atoms with Crippen molar-refractivity contribution in [3.8, 4) is 11.8 Å². The van der Waals surface area contributed by atoms with Crippen molar-refractivity contribution in [1.29, 1.82) is 5.26 Å². The van der Waals surface area contributed by atoms with Crippen molar-refractivity contribution >= 4 is 17.5 Å². The van der Waals surface area contributed by atoms with Gasteiger partial charge < -0.3 is 10.1 Å². The quantitative estimate of drug-likeness (QED) is 0.829. The number of rotatable bonds is 6. The Kier molecular flexibility index (Phi) is 5.95. The van der Waals surface area contributed by atoms with Gasteiger partial charge in [-0.15, -0.1) is 0 Å². The molecule has 0 saturated heterocycles. The third-order valence-electron chi connectivity index (χ3n) is 3.67. The molecule has 0 amide bonds. The molecule has 1 heterocycles. The summed E-state index contributed by atoms with van der Waals surface area (Å²) in [4.78, 5) is 13.1. The Balaban J connectivity index is 2.17. The predicted octanol–water partition coefficient (Wildman–Crippen LogP) is 4.38. The molecule has 1 aliphatic rings. The number of allylic oxidation sites excluding steroid dienone is 2. The summed E-state index contributed by atoms with van der Waals surface area (Å²) in [5.74, 6) is 1.15. The Bertz CT molecular complexity index is 702. The van der Waals surface area contributed by atoms with E-state index in [1.807, 2.05) is 39.0 Å². The molecular weight excluding hydrogens is 320 g/mol. The highest BCUT2D eigenvalue weighted by molar-refractivity contribution is 8.04. The van der Waals surface area contributed by atoms with Crippen LogP contribution in [0.2, 0.25) is 0 Å². The molecule has 1 unspecified atom stereocenters. The largest absolute Gasteiger partial charge is 0.492 e. The van der Waals surface area contributed by atoms with Crippen molar-refractivity contribution in [1.82, 2.24) is 5.32 Å². The van der Waals surface area contributed by atoms with E-state index in [2.05, 4.69) is 25.2 Å². The molecule has 0 bridgehead atoms. The molecule has 0 radical (unpaired) electrons. The van der Waals surface area contributed by atoms with Crippen LogP contribution in [0, 0.1) is 23.2 Å². The van der Waals surface area contributed by atoms with Gasteiger partial charge in [0.15, 0.2) is 5.78 Å². The summed E-state index contributed by atoms with van der Waals surface area (Å²) in [6, 6.07) is 7.85. The Morgan fingerprint density at radius 1 is 1.38 bits per heavy atom. The minimum Gasteiger partial charge on any atom is -0.492 e. The van der Waals surface area contributed by atoms with E-state index in [9.17, 15) is 10.1 Å². The molecule has 1 aromatic rings. The number of nitriles is 1. The lowest BCUT2D eigenvalue weighted by Gasteiger charge is -2.15. The molecule has 5 heteroatoms. The summed E-state index contributed by atoms with van der Waals surface area (Å²) < 4.78 is 5.70. The second kappa shape index (κ2) is 7.76. The average Bonchev–Trinajstić information content (AvgIpc) is 2.93. The van der Waals surface area contributed by atoms with Crippen molar-refractivity contribution in [2.45, 2.75) is 40.0 Å². The molecule has 1 atom stereocenters. The first kappa shape index (κ1) is 18.4. The third kappa shape index (κ3) is 4.12. The van der Waals surface area contributed by atoms with Gasteiger partial charge in [0, 0.05) is 11.6 Å². The molecule has 0 aromatic heterocycles. The standard InChI is InChI=1S/C19H24N2O2S/c1-11(2)10-23-16-7-6-14(8-15(16)9-20)19-21-13(5)18(24-19)17(22)12(3)4/h6-8,11-12,19,21H,10H2,1-5H3. The smallest absolute Gasteiger partial charge is 0.173 e.